The molecule has 1 unspecified atom stereocenters. The topological polar surface area (TPSA) is 64.6 Å². The number of benzene rings is 1. The first-order valence-electron chi connectivity index (χ1n) is 8.19. The minimum absolute atomic E-state index is 0.0254. The zero-order chi connectivity index (χ0) is 15.5. The van der Waals surface area contributed by atoms with E-state index in [9.17, 15) is 9.90 Å². The van der Waals surface area contributed by atoms with Gasteiger partial charge in [0, 0.05) is 19.0 Å². The van der Waals surface area contributed by atoms with Gasteiger partial charge in [-0.3, -0.25) is 4.79 Å². The lowest BCUT2D eigenvalue weighted by atomic mass is 9.88. The number of carbonyl (C=O) groups is 1. The van der Waals surface area contributed by atoms with Crippen LogP contribution in [0.3, 0.4) is 0 Å². The summed E-state index contributed by atoms with van der Waals surface area (Å²) >= 11 is 0. The smallest absolute Gasteiger partial charge is 0.227 e. The summed E-state index contributed by atoms with van der Waals surface area (Å²) in [6.45, 7) is 5.52. The molecule has 0 aliphatic carbocycles. The normalized spacial score (nSPS) is 21.3. The summed E-state index contributed by atoms with van der Waals surface area (Å²) in [4.78, 5) is 14.7. The van der Waals surface area contributed by atoms with Gasteiger partial charge in [0.25, 0.3) is 0 Å². The Morgan fingerprint density at radius 1 is 1.32 bits per heavy atom. The Bertz CT molecular complexity index is 522. The minimum atomic E-state index is -0.191. The van der Waals surface area contributed by atoms with Crippen LogP contribution >= 0.6 is 0 Å². The highest BCUT2D eigenvalue weighted by molar-refractivity contribution is 5.95. The number of para-hydroxylation sites is 2. The van der Waals surface area contributed by atoms with E-state index < -0.39 is 0 Å². The van der Waals surface area contributed by atoms with E-state index in [1.54, 1.807) is 0 Å². The molecule has 1 atom stereocenters. The van der Waals surface area contributed by atoms with Crippen LogP contribution < -0.4 is 15.5 Å². The summed E-state index contributed by atoms with van der Waals surface area (Å²) in [6, 6.07) is 7.95. The van der Waals surface area contributed by atoms with Crippen molar-refractivity contribution in [2.24, 2.45) is 11.8 Å². The molecular formula is C17H25N3O2. The first kappa shape index (κ1) is 15.3. The van der Waals surface area contributed by atoms with Gasteiger partial charge in [-0.05, 0) is 44.0 Å². The van der Waals surface area contributed by atoms with Gasteiger partial charge in [0.15, 0.2) is 0 Å². The molecule has 2 aliphatic rings. The molecule has 0 spiro atoms. The van der Waals surface area contributed by atoms with E-state index in [1.807, 2.05) is 31.2 Å². The van der Waals surface area contributed by atoms with Gasteiger partial charge in [0.05, 0.1) is 17.5 Å². The van der Waals surface area contributed by atoms with Gasteiger partial charge in [0.1, 0.15) is 0 Å². The van der Waals surface area contributed by atoms with Crippen molar-refractivity contribution in [3.63, 3.8) is 0 Å². The molecule has 5 nitrogen and oxygen atoms in total. The highest BCUT2D eigenvalue weighted by Gasteiger charge is 2.29. The molecule has 2 aliphatic heterocycles. The number of hydrogen-bond donors (Lipinski definition) is 3. The first-order chi connectivity index (χ1) is 10.6. The summed E-state index contributed by atoms with van der Waals surface area (Å²) in [5, 5.41) is 16.0. The second-order valence-corrected chi connectivity index (χ2v) is 6.43. The predicted molar refractivity (Wildman–Crippen MR) is 88.0 cm³/mol. The van der Waals surface area contributed by atoms with E-state index in [2.05, 4.69) is 15.5 Å². The van der Waals surface area contributed by atoms with Crippen molar-refractivity contribution in [1.29, 1.82) is 0 Å². The van der Waals surface area contributed by atoms with Gasteiger partial charge in [-0.1, -0.05) is 19.1 Å². The Morgan fingerprint density at radius 2 is 2.00 bits per heavy atom. The molecule has 5 heteroatoms. The lowest BCUT2D eigenvalue weighted by Crippen LogP contribution is -2.48. The number of anilines is 2. The number of aliphatic hydroxyl groups is 1. The average molecular weight is 303 g/mol. The van der Waals surface area contributed by atoms with Crippen molar-refractivity contribution in [3.05, 3.63) is 24.3 Å². The van der Waals surface area contributed by atoms with Crippen LogP contribution in [0, 0.1) is 11.8 Å². The molecule has 3 rings (SSSR count). The first-order valence-corrected chi connectivity index (χ1v) is 8.19. The number of nitrogens with zero attached hydrogens (tertiary/aromatic N) is 1. The summed E-state index contributed by atoms with van der Waals surface area (Å²) < 4.78 is 0. The Morgan fingerprint density at radius 3 is 2.64 bits per heavy atom. The number of piperidine rings is 1. The SMILES string of the molecule is CC(C(=O)Nc1ccccc1N1CCC(O)CC1)C1CNC1. The molecule has 0 saturated carbocycles. The van der Waals surface area contributed by atoms with Gasteiger partial charge >= 0.3 is 0 Å². The third kappa shape index (κ3) is 3.25. The second kappa shape index (κ2) is 6.67. The summed E-state index contributed by atoms with van der Waals surface area (Å²) in [5.74, 6) is 0.561. The molecule has 2 fully saturated rings. The lowest BCUT2D eigenvalue weighted by Gasteiger charge is -2.34. The van der Waals surface area contributed by atoms with E-state index in [0.717, 1.165) is 50.4 Å². The number of amides is 1. The minimum Gasteiger partial charge on any atom is -0.393 e. The van der Waals surface area contributed by atoms with E-state index >= 15 is 0 Å². The van der Waals surface area contributed by atoms with Gasteiger partial charge in [-0.2, -0.15) is 0 Å². The molecule has 22 heavy (non-hydrogen) atoms. The molecule has 2 saturated heterocycles. The maximum absolute atomic E-state index is 12.4. The molecular weight excluding hydrogens is 278 g/mol. The predicted octanol–water partition coefficient (Wildman–Crippen LogP) is 1.44. The maximum atomic E-state index is 12.4. The van der Waals surface area contributed by atoms with Crippen LogP contribution in [0.1, 0.15) is 19.8 Å². The molecule has 1 aromatic carbocycles. The van der Waals surface area contributed by atoms with Crippen LogP contribution in [0.15, 0.2) is 24.3 Å². The highest BCUT2D eigenvalue weighted by Crippen LogP contribution is 2.29. The molecule has 0 aromatic heterocycles. The number of hydrogen-bond acceptors (Lipinski definition) is 4. The summed E-state index contributed by atoms with van der Waals surface area (Å²) in [5.41, 5.74) is 1.93. The quantitative estimate of drug-likeness (QED) is 0.787. The van der Waals surface area contributed by atoms with E-state index in [4.69, 9.17) is 0 Å². The number of rotatable bonds is 4. The largest absolute Gasteiger partial charge is 0.393 e. The molecule has 0 radical (unpaired) electrons. The van der Waals surface area contributed by atoms with Gasteiger partial charge < -0.3 is 20.6 Å². The molecule has 1 amide bonds. The second-order valence-electron chi connectivity index (χ2n) is 6.43. The van der Waals surface area contributed by atoms with Crippen molar-refractivity contribution in [1.82, 2.24) is 5.32 Å². The van der Waals surface area contributed by atoms with Crippen molar-refractivity contribution in [2.75, 3.05) is 36.4 Å². The maximum Gasteiger partial charge on any atom is 0.227 e. The van der Waals surface area contributed by atoms with Crippen LogP contribution in [-0.4, -0.2) is 43.3 Å². The lowest BCUT2D eigenvalue weighted by molar-refractivity contribution is -0.121. The van der Waals surface area contributed by atoms with Crippen LogP contribution in [0.2, 0.25) is 0 Å². The number of aliphatic hydroxyl groups excluding tert-OH is 1. The zero-order valence-corrected chi connectivity index (χ0v) is 13.1. The standard InChI is InChI=1S/C17H25N3O2/c1-12(13-10-18-11-13)17(22)19-15-4-2-3-5-16(15)20-8-6-14(21)7-9-20/h2-5,12-14,18,21H,6-11H2,1H3,(H,19,22). The number of carbonyl (C=O) groups excluding carboxylic acids is 1. The van der Waals surface area contributed by atoms with Gasteiger partial charge in [0.2, 0.25) is 5.91 Å². The average Bonchev–Trinajstić information content (AvgIpc) is 2.47. The van der Waals surface area contributed by atoms with Gasteiger partial charge in [-0.25, -0.2) is 0 Å². The Balaban J connectivity index is 1.69. The van der Waals surface area contributed by atoms with E-state index in [-0.39, 0.29) is 17.9 Å². The highest BCUT2D eigenvalue weighted by atomic mass is 16.3. The molecule has 120 valence electrons. The Kier molecular flexibility index (Phi) is 4.64. The van der Waals surface area contributed by atoms with Crippen molar-refractivity contribution >= 4 is 17.3 Å². The third-order valence-electron chi connectivity index (χ3n) is 4.90. The van der Waals surface area contributed by atoms with Crippen LogP contribution in [0.4, 0.5) is 11.4 Å². The summed E-state index contributed by atoms with van der Waals surface area (Å²) in [7, 11) is 0. The van der Waals surface area contributed by atoms with Crippen molar-refractivity contribution in [3.8, 4) is 0 Å². The molecule has 2 heterocycles. The Hall–Kier alpha value is -1.59. The van der Waals surface area contributed by atoms with Crippen molar-refractivity contribution in [2.45, 2.75) is 25.9 Å². The fourth-order valence-electron chi connectivity index (χ4n) is 3.09. The zero-order valence-electron chi connectivity index (χ0n) is 13.1. The molecule has 0 bridgehead atoms. The van der Waals surface area contributed by atoms with Crippen molar-refractivity contribution < 1.29 is 9.90 Å². The number of nitrogens with one attached hydrogen (secondary N) is 2. The Labute approximate surface area is 131 Å². The van der Waals surface area contributed by atoms with Crippen LogP contribution in [0.5, 0.6) is 0 Å². The van der Waals surface area contributed by atoms with Gasteiger partial charge in [-0.15, -0.1) is 0 Å². The fraction of sp³-hybridized carbons (Fsp3) is 0.588. The third-order valence-corrected chi connectivity index (χ3v) is 4.90. The van der Waals surface area contributed by atoms with Crippen LogP contribution in [0.25, 0.3) is 0 Å². The summed E-state index contributed by atoms with van der Waals surface area (Å²) in [6.07, 6.45) is 1.38. The monoisotopic (exact) mass is 303 g/mol. The fourth-order valence-corrected chi connectivity index (χ4v) is 3.09. The van der Waals surface area contributed by atoms with Crippen LogP contribution in [-0.2, 0) is 4.79 Å². The molecule has 1 aromatic rings. The van der Waals surface area contributed by atoms with E-state index in [1.165, 1.54) is 0 Å². The molecule has 3 N–H and O–H groups in total. The van der Waals surface area contributed by atoms with E-state index in [0.29, 0.717) is 5.92 Å².